The predicted molar refractivity (Wildman–Crippen MR) is 141 cm³/mol. The fourth-order valence-electron chi connectivity index (χ4n) is 3.84. The van der Waals surface area contributed by atoms with Gasteiger partial charge in [-0.3, -0.25) is 24.0 Å². The molecule has 0 fully saturated rings. The minimum Gasteiger partial charge on any atom is -0.497 e. The monoisotopic (exact) mass is 534 g/mol. The van der Waals surface area contributed by atoms with Crippen LogP contribution in [-0.4, -0.2) is 62.0 Å². The molecule has 2 amide bonds. The predicted octanol–water partition coefficient (Wildman–Crippen LogP) is 3.01. The second-order valence-electron chi connectivity index (χ2n) is 8.96. The van der Waals surface area contributed by atoms with Gasteiger partial charge in [-0.1, -0.05) is 25.1 Å². The summed E-state index contributed by atoms with van der Waals surface area (Å²) in [5.74, 6) is -0.439. The summed E-state index contributed by atoms with van der Waals surface area (Å²) in [4.78, 5) is 38.8. The number of nitro groups is 1. The van der Waals surface area contributed by atoms with Gasteiger partial charge in [0.15, 0.2) is 0 Å². The number of carbonyl (C=O) groups is 2. The van der Waals surface area contributed by atoms with Crippen LogP contribution < -0.4 is 14.4 Å². The van der Waals surface area contributed by atoms with Crippen LogP contribution in [0.4, 0.5) is 11.4 Å². The van der Waals surface area contributed by atoms with Gasteiger partial charge in [0.05, 0.1) is 24.0 Å². The van der Waals surface area contributed by atoms with Gasteiger partial charge in [-0.05, 0) is 50.5 Å². The van der Waals surface area contributed by atoms with Crippen molar-refractivity contribution >= 4 is 33.2 Å². The summed E-state index contributed by atoms with van der Waals surface area (Å²) in [5.41, 5.74) is 0.831. The number of nitrogens with one attached hydrogen (secondary N) is 1. The quantitative estimate of drug-likeness (QED) is 0.326. The van der Waals surface area contributed by atoms with Crippen LogP contribution in [0, 0.1) is 17.0 Å². The zero-order valence-corrected chi connectivity index (χ0v) is 22.7. The highest BCUT2D eigenvalue weighted by Crippen LogP contribution is 2.28. The Morgan fingerprint density at radius 2 is 1.84 bits per heavy atom. The lowest BCUT2D eigenvalue weighted by atomic mass is 10.1. The maximum atomic E-state index is 13.7. The minimum atomic E-state index is -4.02. The lowest BCUT2D eigenvalue weighted by Gasteiger charge is -2.33. The highest BCUT2D eigenvalue weighted by atomic mass is 32.2. The summed E-state index contributed by atoms with van der Waals surface area (Å²) in [6.07, 6.45) is 1.21. The van der Waals surface area contributed by atoms with E-state index in [4.69, 9.17) is 4.74 Å². The standard InChI is InChI=1S/C25H34N4O7S/c1-7-22(25(31)26-17(2)3)27(15-19-9-8-10-21(13-19)36-5)24(30)16-28(37(6,34)35)23-14-20(29(32)33)12-11-18(23)4/h8-14,17,22H,7,15-16H2,1-6H3,(H,26,31)/t22-/m1/s1. The smallest absolute Gasteiger partial charge is 0.271 e. The SMILES string of the molecule is CC[C@H](C(=O)NC(C)C)N(Cc1cccc(OC)c1)C(=O)CN(c1cc([N+](=O)[O-])ccc1C)S(C)(=O)=O. The van der Waals surface area contributed by atoms with Crippen molar-refractivity contribution in [3.05, 3.63) is 63.7 Å². The van der Waals surface area contributed by atoms with Crippen LogP contribution in [0.2, 0.25) is 0 Å². The van der Waals surface area contributed by atoms with Crippen molar-refractivity contribution in [2.24, 2.45) is 0 Å². The highest BCUT2D eigenvalue weighted by molar-refractivity contribution is 7.92. The van der Waals surface area contributed by atoms with Gasteiger partial charge in [-0.25, -0.2) is 8.42 Å². The van der Waals surface area contributed by atoms with Crippen LogP contribution in [0.1, 0.15) is 38.3 Å². The third-order valence-electron chi connectivity index (χ3n) is 5.66. The van der Waals surface area contributed by atoms with Crippen LogP contribution in [0.3, 0.4) is 0 Å². The molecule has 12 heteroatoms. The maximum absolute atomic E-state index is 13.7. The Balaban J connectivity index is 2.54. The number of non-ortho nitro benzene ring substituents is 1. The molecule has 0 saturated carbocycles. The number of hydrogen-bond acceptors (Lipinski definition) is 7. The molecule has 0 aliphatic carbocycles. The van der Waals surface area contributed by atoms with E-state index in [1.807, 2.05) is 0 Å². The van der Waals surface area contributed by atoms with Crippen LogP contribution in [-0.2, 0) is 26.2 Å². The number of carbonyl (C=O) groups excluding carboxylic acids is 2. The van der Waals surface area contributed by atoms with Gasteiger partial charge in [0.2, 0.25) is 21.8 Å². The Morgan fingerprint density at radius 1 is 1.16 bits per heavy atom. The molecule has 1 N–H and O–H groups in total. The fourth-order valence-corrected chi connectivity index (χ4v) is 4.74. The minimum absolute atomic E-state index is 0.0194. The highest BCUT2D eigenvalue weighted by Gasteiger charge is 2.32. The molecule has 2 aromatic rings. The van der Waals surface area contributed by atoms with Gasteiger partial charge in [0, 0.05) is 24.7 Å². The molecule has 0 bridgehead atoms. The number of ether oxygens (including phenoxy) is 1. The first-order chi connectivity index (χ1) is 17.3. The van der Waals surface area contributed by atoms with Crippen LogP contribution in [0.5, 0.6) is 5.75 Å². The van der Waals surface area contributed by atoms with E-state index in [0.717, 1.165) is 16.6 Å². The number of nitrogens with zero attached hydrogens (tertiary/aromatic N) is 3. The lowest BCUT2D eigenvalue weighted by Crippen LogP contribution is -2.53. The average Bonchev–Trinajstić information content (AvgIpc) is 2.81. The van der Waals surface area contributed by atoms with E-state index >= 15 is 0 Å². The van der Waals surface area contributed by atoms with Crippen molar-refractivity contribution in [2.75, 3.05) is 24.2 Å². The molecule has 0 saturated heterocycles. The van der Waals surface area contributed by atoms with Crippen molar-refractivity contribution in [1.82, 2.24) is 10.2 Å². The Bertz CT molecular complexity index is 1250. The van der Waals surface area contributed by atoms with E-state index in [1.54, 1.807) is 52.0 Å². The summed E-state index contributed by atoms with van der Waals surface area (Å²) >= 11 is 0. The Hall–Kier alpha value is -3.67. The second-order valence-corrected chi connectivity index (χ2v) is 10.9. The summed E-state index contributed by atoms with van der Waals surface area (Å²) in [7, 11) is -2.51. The van der Waals surface area contributed by atoms with E-state index in [-0.39, 0.29) is 36.3 Å². The molecule has 0 heterocycles. The Labute approximate surface area is 217 Å². The zero-order chi connectivity index (χ0) is 27.9. The molecule has 202 valence electrons. The fraction of sp³-hybridized carbons (Fsp3) is 0.440. The number of benzene rings is 2. The summed E-state index contributed by atoms with van der Waals surface area (Å²) in [5, 5.41) is 14.1. The molecule has 0 aliphatic rings. The average molecular weight is 535 g/mol. The molecule has 37 heavy (non-hydrogen) atoms. The maximum Gasteiger partial charge on any atom is 0.271 e. The largest absolute Gasteiger partial charge is 0.497 e. The molecule has 0 unspecified atom stereocenters. The van der Waals surface area contributed by atoms with Crippen molar-refractivity contribution in [1.29, 1.82) is 0 Å². The third-order valence-corrected chi connectivity index (χ3v) is 6.78. The van der Waals surface area contributed by atoms with Crippen LogP contribution >= 0.6 is 0 Å². The molecule has 11 nitrogen and oxygen atoms in total. The zero-order valence-electron chi connectivity index (χ0n) is 21.9. The van der Waals surface area contributed by atoms with Gasteiger partial charge < -0.3 is 15.0 Å². The number of aryl methyl sites for hydroxylation is 1. The third kappa shape index (κ3) is 7.91. The number of amides is 2. The number of nitro benzene ring substituents is 1. The Morgan fingerprint density at radius 3 is 2.38 bits per heavy atom. The van der Waals surface area contributed by atoms with E-state index in [9.17, 15) is 28.1 Å². The van der Waals surface area contributed by atoms with E-state index < -0.39 is 33.4 Å². The van der Waals surface area contributed by atoms with E-state index in [1.165, 1.54) is 24.1 Å². The first kappa shape index (κ1) is 29.6. The van der Waals surface area contributed by atoms with Crippen molar-refractivity contribution in [3.8, 4) is 5.75 Å². The number of rotatable bonds is 12. The van der Waals surface area contributed by atoms with Crippen LogP contribution in [0.25, 0.3) is 0 Å². The van der Waals surface area contributed by atoms with Gasteiger partial charge in [0.1, 0.15) is 18.3 Å². The molecule has 0 spiro atoms. The lowest BCUT2D eigenvalue weighted by molar-refractivity contribution is -0.384. The number of methoxy groups -OCH3 is 1. The van der Waals surface area contributed by atoms with E-state index in [2.05, 4.69) is 5.32 Å². The summed E-state index contributed by atoms with van der Waals surface area (Å²) < 4.78 is 31.7. The van der Waals surface area contributed by atoms with E-state index in [0.29, 0.717) is 16.9 Å². The van der Waals surface area contributed by atoms with Gasteiger partial charge in [0.25, 0.3) is 5.69 Å². The number of sulfonamides is 1. The topological polar surface area (TPSA) is 139 Å². The second kappa shape index (κ2) is 12.5. The van der Waals surface area contributed by atoms with Crippen molar-refractivity contribution in [3.63, 3.8) is 0 Å². The molecule has 0 aromatic heterocycles. The van der Waals surface area contributed by atoms with Crippen molar-refractivity contribution in [2.45, 2.75) is 52.7 Å². The van der Waals surface area contributed by atoms with Gasteiger partial charge >= 0.3 is 0 Å². The molecule has 1 atom stereocenters. The Kier molecular flexibility index (Phi) is 10.0. The molecular weight excluding hydrogens is 500 g/mol. The van der Waals surface area contributed by atoms with Gasteiger partial charge in [-0.15, -0.1) is 0 Å². The molecular formula is C25H34N4O7S. The van der Waals surface area contributed by atoms with Crippen molar-refractivity contribution < 1.29 is 27.7 Å². The first-order valence-electron chi connectivity index (χ1n) is 11.7. The molecule has 2 rings (SSSR count). The molecule has 2 aromatic carbocycles. The van der Waals surface area contributed by atoms with Crippen LogP contribution in [0.15, 0.2) is 42.5 Å². The van der Waals surface area contributed by atoms with Gasteiger partial charge in [-0.2, -0.15) is 0 Å². The first-order valence-corrected chi connectivity index (χ1v) is 13.6. The summed E-state index contributed by atoms with van der Waals surface area (Å²) in [6.45, 7) is 6.34. The summed E-state index contributed by atoms with van der Waals surface area (Å²) in [6, 6.07) is 9.76. The number of anilines is 1. The molecule has 0 radical (unpaired) electrons. The number of hydrogen-bond donors (Lipinski definition) is 1. The molecule has 0 aliphatic heterocycles. The normalized spacial score (nSPS) is 12.1.